The fourth-order valence-electron chi connectivity index (χ4n) is 1.17. The van der Waals surface area contributed by atoms with E-state index in [9.17, 15) is 17.6 Å². The van der Waals surface area contributed by atoms with Gasteiger partial charge in [-0.1, -0.05) is 11.6 Å². The monoisotopic (exact) mass is 295 g/mol. The van der Waals surface area contributed by atoms with Crippen LogP contribution in [-0.4, -0.2) is 27.5 Å². The van der Waals surface area contributed by atoms with Gasteiger partial charge in [-0.25, -0.2) is 12.8 Å². The Morgan fingerprint density at radius 2 is 2.11 bits per heavy atom. The molecule has 5 nitrogen and oxygen atoms in total. The van der Waals surface area contributed by atoms with Crippen LogP contribution in [-0.2, 0) is 19.6 Å². The van der Waals surface area contributed by atoms with E-state index in [0.717, 1.165) is 25.3 Å². The third kappa shape index (κ3) is 3.41. The molecule has 0 aliphatic carbocycles. The van der Waals surface area contributed by atoms with Gasteiger partial charge in [0.2, 0.25) is 10.0 Å². The standard InChI is InChI=1S/C10H11ClFNO4S/c1-6(10(14)17-2)13-18(15,16)7-3-4-9(12)8(11)5-7/h3-6,13H,1-2H3. The Bertz CT molecular complexity index is 561. The molecule has 8 heteroatoms. The van der Waals surface area contributed by atoms with Crippen molar-refractivity contribution in [3.8, 4) is 0 Å². The van der Waals surface area contributed by atoms with E-state index in [4.69, 9.17) is 11.6 Å². The molecule has 18 heavy (non-hydrogen) atoms. The number of methoxy groups -OCH3 is 1. The molecule has 1 aromatic rings. The highest BCUT2D eigenvalue weighted by atomic mass is 35.5. The molecule has 0 fully saturated rings. The van der Waals surface area contributed by atoms with Gasteiger partial charge in [0.05, 0.1) is 17.0 Å². The number of hydrogen-bond acceptors (Lipinski definition) is 4. The summed E-state index contributed by atoms with van der Waals surface area (Å²) < 4.78 is 43.0. The topological polar surface area (TPSA) is 72.5 Å². The lowest BCUT2D eigenvalue weighted by atomic mass is 10.3. The van der Waals surface area contributed by atoms with Crippen molar-refractivity contribution < 1.29 is 22.3 Å². The molecule has 0 bridgehead atoms. The molecule has 0 saturated heterocycles. The lowest BCUT2D eigenvalue weighted by molar-refractivity contribution is -0.142. The van der Waals surface area contributed by atoms with Crippen LogP contribution in [0.2, 0.25) is 5.02 Å². The number of carbonyl (C=O) groups is 1. The zero-order valence-corrected chi connectivity index (χ0v) is 11.2. The maximum Gasteiger partial charge on any atom is 0.323 e. The molecule has 0 heterocycles. The molecule has 1 rings (SSSR count). The average molecular weight is 296 g/mol. The summed E-state index contributed by atoms with van der Waals surface area (Å²) in [6, 6.07) is 1.89. The Labute approximate surface area is 109 Å². The summed E-state index contributed by atoms with van der Waals surface area (Å²) in [5.74, 6) is -1.46. The predicted molar refractivity (Wildman–Crippen MR) is 63.2 cm³/mol. The third-order valence-corrected chi connectivity index (χ3v) is 3.92. The van der Waals surface area contributed by atoms with Crippen molar-refractivity contribution in [3.05, 3.63) is 29.0 Å². The van der Waals surface area contributed by atoms with Gasteiger partial charge in [-0.2, -0.15) is 4.72 Å². The van der Waals surface area contributed by atoms with Crippen LogP contribution in [0.15, 0.2) is 23.1 Å². The van der Waals surface area contributed by atoms with Gasteiger partial charge in [-0.3, -0.25) is 4.79 Å². The van der Waals surface area contributed by atoms with E-state index in [0.29, 0.717) is 0 Å². The van der Waals surface area contributed by atoms with Crippen molar-refractivity contribution in [2.45, 2.75) is 17.9 Å². The molecule has 0 saturated carbocycles. The molecule has 1 N–H and O–H groups in total. The number of sulfonamides is 1. The second-order valence-electron chi connectivity index (χ2n) is 3.44. The minimum atomic E-state index is -3.96. The first-order valence-electron chi connectivity index (χ1n) is 4.83. The van der Waals surface area contributed by atoms with Gasteiger partial charge < -0.3 is 4.74 Å². The van der Waals surface area contributed by atoms with Crippen LogP contribution in [0.1, 0.15) is 6.92 Å². The van der Waals surface area contributed by atoms with Crippen LogP contribution in [0, 0.1) is 5.82 Å². The van der Waals surface area contributed by atoms with E-state index in [-0.39, 0.29) is 9.92 Å². The molecular weight excluding hydrogens is 285 g/mol. The smallest absolute Gasteiger partial charge is 0.323 e. The molecule has 1 unspecified atom stereocenters. The summed E-state index contributed by atoms with van der Waals surface area (Å²) in [5, 5.41) is -0.316. The molecule has 100 valence electrons. The summed E-state index contributed by atoms with van der Waals surface area (Å²) >= 11 is 5.49. The zero-order chi connectivity index (χ0) is 13.9. The van der Waals surface area contributed by atoms with Crippen molar-refractivity contribution in [1.82, 2.24) is 4.72 Å². The van der Waals surface area contributed by atoms with Crippen LogP contribution >= 0.6 is 11.6 Å². The minimum Gasteiger partial charge on any atom is -0.468 e. The third-order valence-electron chi connectivity index (χ3n) is 2.09. The van der Waals surface area contributed by atoms with Gasteiger partial charge in [0, 0.05) is 0 Å². The fourth-order valence-corrected chi connectivity index (χ4v) is 2.63. The molecule has 0 aromatic heterocycles. The summed E-state index contributed by atoms with van der Waals surface area (Å²) in [4.78, 5) is 10.9. The number of benzene rings is 1. The first-order valence-corrected chi connectivity index (χ1v) is 6.69. The Morgan fingerprint density at radius 3 is 2.61 bits per heavy atom. The number of halogens is 2. The largest absolute Gasteiger partial charge is 0.468 e. The first-order chi connectivity index (χ1) is 8.27. The lowest BCUT2D eigenvalue weighted by Gasteiger charge is -2.12. The van der Waals surface area contributed by atoms with Crippen LogP contribution in [0.5, 0.6) is 0 Å². The quantitative estimate of drug-likeness (QED) is 0.850. The van der Waals surface area contributed by atoms with Gasteiger partial charge in [-0.15, -0.1) is 0 Å². The number of ether oxygens (including phenoxy) is 1. The normalized spacial score (nSPS) is 13.1. The Hall–Kier alpha value is -1.18. The van der Waals surface area contributed by atoms with Crippen molar-refractivity contribution >= 4 is 27.6 Å². The van der Waals surface area contributed by atoms with E-state index >= 15 is 0 Å². The summed E-state index contributed by atoms with van der Waals surface area (Å²) in [6.07, 6.45) is 0. The molecule has 0 aliphatic heterocycles. The summed E-state index contributed by atoms with van der Waals surface area (Å²) in [7, 11) is -2.82. The second kappa shape index (κ2) is 5.64. The van der Waals surface area contributed by atoms with Crippen LogP contribution < -0.4 is 4.72 Å². The summed E-state index contributed by atoms with van der Waals surface area (Å²) in [6.45, 7) is 1.33. The maximum atomic E-state index is 12.9. The zero-order valence-electron chi connectivity index (χ0n) is 9.61. The Morgan fingerprint density at radius 1 is 1.50 bits per heavy atom. The predicted octanol–water partition coefficient (Wildman–Crippen LogP) is 1.32. The summed E-state index contributed by atoms with van der Waals surface area (Å²) in [5.41, 5.74) is 0. The number of carbonyl (C=O) groups excluding carboxylic acids is 1. The van der Waals surface area contributed by atoms with E-state index in [1.54, 1.807) is 0 Å². The van der Waals surface area contributed by atoms with Gasteiger partial charge >= 0.3 is 5.97 Å². The van der Waals surface area contributed by atoms with Crippen LogP contribution in [0.25, 0.3) is 0 Å². The second-order valence-corrected chi connectivity index (χ2v) is 5.56. The number of nitrogens with one attached hydrogen (secondary N) is 1. The Kier molecular flexibility index (Phi) is 4.66. The van der Waals surface area contributed by atoms with Crippen molar-refractivity contribution in [2.24, 2.45) is 0 Å². The van der Waals surface area contributed by atoms with Crippen LogP contribution in [0.3, 0.4) is 0 Å². The van der Waals surface area contributed by atoms with E-state index in [1.807, 2.05) is 0 Å². The SMILES string of the molecule is COC(=O)C(C)NS(=O)(=O)c1ccc(F)c(Cl)c1. The van der Waals surface area contributed by atoms with Crippen LogP contribution in [0.4, 0.5) is 4.39 Å². The number of esters is 1. The van der Waals surface area contributed by atoms with Gasteiger partial charge in [-0.05, 0) is 25.1 Å². The Balaban J connectivity index is 3.00. The molecular formula is C10H11ClFNO4S. The molecule has 1 atom stereocenters. The van der Waals surface area contributed by atoms with Crippen molar-refractivity contribution in [1.29, 1.82) is 0 Å². The molecule has 0 aliphatic rings. The maximum absolute atomic E-state index is 12.9. The number of rotatable bonds is 4. The average Bonchev–Trinajstić information content (AvgIpc) is 2.30. The molecule has 0 spiro atoms. The van der Waals surface area contributed by atoms with Gasteiger partial charge in [0.1, 0.15) is 11.9 Å². The van der Waals surface area contributed by atoms with Gasteiger partial charge in [0.25, 0.3) is 0 Å². The molecule has 0 radical (unpaired) electrons. The lowest BCUT2D eigenvalue weighted by Crippen LogP contribution is -2.39. The van der Waals surface area contributed by atoms with Crippen molar-refractivity contribution in [2.75, 3.05) is 7.11 Å². The minimum absolute atomic E-state index is 0.232. The van der Waals surface area contributed by atoms with Gasteiger partial charge in [0.15, 0.2) is 0 Å². The van der Waals surface area contributed by atoms with E-state index in [2.05, 4.69) is 9.46 Å². The molecule has 1 aromatic carbocycles. The highest BCUT2D eigenvalue weighted by molar-refractivity contribution is 7.89. The highest BCUT2D eigenvalue weighted by Crippen LogP contribution is 2.19. The first kappa shape index (κ1) is 14.9. The van der Waals surface area contributed by atoms with Crippen molar-refractivity contribution in [3.63, 3.8) is 0 Å². The van der Waals surface area contributed by atoms with E-state index < -0.39 is 27.9 Å². The number of hydrogen-bond donors (Lipinski definition) is 1. The fraction of sp³-hybridized carbons (Fsp3) is 0.300. The van der Waals surface area contributed by atoms with E-state index in [1.165, 1.54) is 6.92 Å². The molecule has 0 amide bonds. The highest BCUT2D eigenvalue weighted by Gasteiger charge is 2.23.